The van der Waals surface area contributed by atoms with Gasteiger partial charge in [-0.15, -0.1) is 0 Å². The van der Waals surface area contributed by atoms with Gasteiger partial charge in [-0.2, -0.15) is 5.10 Å². The summed E-state index contributed by atoms with van der Waals surface area (Å²) in [7, 11) is 0. The van der Waals surface area contributed by atoms with Crippen LogP contribution in [-0.4, -0.2) is 28.8 Å². The molecule has 1 amide bonds. The van der Waals surface area contributed by atoms with Crippen LogP contribution in [0, 0.1) is 12.8 Å². The molecule has 0 aromatic carbocycles. The van der Waals surface area contributed by atoms with Gasteiger partial charge in [-0.05, 0) is 12.5 Å². The fourth-order valence-corrected chi connectivity index (χ4v) is 1.16. The lowest BCUT2D eigenvalue weighted by Crippen LogP contribution is -2.35. The molecule has 0 saturated heterocycles. The normalized spacial score (nSPS) is 12.5. The number of hydrogen-bond acceptors (Lipinski definition) is 3. The molecule has 0 bridgehead atoms. The van der Waals surface area contributed by atoms with Gasteiger partial charge in [-0.3, -0.25) is 9.48 Å². The third-order valence-electron chi connectivity index (χ3n) is 2.20. The van der Waals surface area contributed by atoms with Gasteiger partial charge in [-0.25, -0.2) is 0 Å². The molecule has 3 N–H and O–H groups in total. The van der Waals surface area contributed by atoms with Crippen LogP contribution < -0.4 is 11.1 Å². The molecule has 0 radical (unpaired) electrons. The third kappa shape index (κ3) is 3.71. The Morgan fingerprint density at radius 2 is 2.47 bits per heavy atom. The van der Waals surface area contributed by atoms with Crippen molar-refractivity contribution in [3.63, 3.8) is 0 Å². The Balaban J connectivity index is 2.24. The Morgan fingerprint density at radius 3 is 3.00 bits per heavy atom. The van der Waals surface area contributed by atoms with Crippen LogP contribution >= 0.6 is 0 Å². The number of amides is 1. The SMILES string of the molecule is Cc1cnn(CCNC(=O)C(C)CN)c1. The first-order valence-corrected chi connectivity index (χ1v) is 5.10. The second-order valence-electron chi connectivity index (χ2n) is 3.71. The lowest BCUT2D eigenvalue weighted by atomic mass is 10.2. The molecule has 1 rings (SSSR count). The molecule has 0 saturated carbocycles. The molecular weight excluding hydrogens is 192 g/mol. The molecule has 15 heavy (non-hydrogen) atoms. The standard InChI is InChI=1S/C10H18N4O/c1-8-6-13-14(7-8)4-3-12-10(15)9(2)5-11/h6-7,9H,3-5,11H2,1-2H3,(H,12,15). The van der Waals surface area contributed by atoms with Gasteiger partial charge in [0.25, 0.3) is 0 Å². The summed E-state index contributed by atoms with van der Waals surface area (Å²) in [6, 6.07) is 0. The van der Waals surface area contributed by atoms with Crippen LogP contribution in [0.25, 0.3) is 0 Å². The first-order valence-electron chi connectivity index (χ1n) is 5.10. The van der Waals surface area contributed by atoms with Crippen molar-refractivity contribution in [2.45, 2.75) is 20.4 Å². The summed E-state index contributed by atoms with van der Waals surface area (Å²) in [6.45, 7) is 5.46. The number of rotatable bonds is 5. The summed E-state index contributed by atoms with van der Waals surface area (Å²) in [5.74, 6) is -0.120. The van der Waals surface area contributed by atoms with E-state index >= 15 is 0 Å². The van der Waals surface area contributed by atoms with Gasteiger partial charge in [0.1, 0.15) is 0 Å². The van der Waals surface area contributed by atoms with Crippen molar-refractivity contribution < 1.29 is 4.79 Å². The smallest absolute Gasteiger partial charge is 0.224 e. The molecule has 0 aliphatic rings. The molecule has 1 aromatic heterocycles. The van der Waals surface area contributed by atoms with E-state index < -0.39 is 0 Å². The fraction of sp³-hybridized carbons (Fsp3) is 0.600. The summed E-state index contributed by atoms with van der Waals surface area (Å²) < 4.78 is 1.81. The van der Waals surface area contributed by atoms with E-state index in [4.69, 9.17) is 5.73 Å². The maximum atomic E-state index is 11.3. The highest BCUT2D eigenvalue weighted by Gasteiger charge is 2.09. The van der Waals surface area contributed by atoms with Crippen molar-refractivity contribution >= 4 is 5.91 Å². The van der Waals surface area contributed by atoms with Crippen LogP contribution in [-0.2, 0) is 11.3 Å². The van der Waals surface area contributed by atoms with Gasteiger partial charge in [-0.1, -0.05) is 6.92 Å². The molecule has 84 valence electrons. The molecule has 5 heteroatoms. The number of carbonyl (C=O) groups is 1. The van der Waals surface area contributed by atoms with Gasteiger partial charge < -0.3 is 11.1 Å². The zero-order chi connectivity index (χ0) is 11.3. The van der Waals surface area contributed by atoms with E-state index in [2.05, 4.69) is 10.4 Å². The molecule has 5 nitrogen and oxygen atoms in total. The average Bonchev–Trinajstić information content (AvgIpc) is 2.63. The average molecular weight is 210 g/mol. The van der Waals surface area contributed by atoms with Gasteiger partial charge in [0.05, 0.1) is 12.7 Å². The Kier molecular flexibility index (Phi) is 4.30. The number of carbonyl (C=O) groups excluding carboxylic acids is 1. The lowest BCUT2D eigenvalue weighted by molar-refractivity contribution is -0.124. The Bertz CT molecular complexity index is 321. The first-order chi connectivity index (χ1) is 7.13. The molecule has 0 spiro atoms. The van der Waals surface area contributed by atoms with Crippen molar-refractivity contribution in [3.05, 3.63) is 18.0 Å². The number of nitrogens with zero attached hydrogens (tertiary/aromatic N) is 2. The van der Waals surface area contributed by atoms with Crippen LogP contribution in [0.15, 0.2) is 12.4 Å². The molecule has 0 aliphatic heterocycles. The van der Waals surface area contributed by atoms with Crippen LogP contribution in [0.4, 0.5) is 0 Å². The summed E-state index contributed by atoms with van der Waals surface area (Å²) in [6.07, 6.45) is 3.74. The van der Waals surface area contributed by atoms with Crippen LogP contribution in [0.5, 0.6) is 0 Å². The molecular formula is C10H18N4O. The number of hydrogen-bond donors (Lipinski definition) is 2. The van der Waals surface area contributed by atoms with E-state index in [1.54, 1.807) is 6.20 Å². The highest BCUT2D eigenvalue weighted by atomic mass is 16.1. The highest BCUT2D eigenvalue weighted by molar-refractivity contribution is 5.78. The monoisotopic (exact) mass is 210 g/mol. The van der Waals surface area contributed by atoms with Crippen molar-refractivity contribution in [1.82, 2.24) is 15.1 Å². The largest absolute Gasteiger partial charge is 0.354 e. The zero-order valence-corrected chi connectivity index (χ0v) is 9.23. The molecule has 1 heterocycles. The van der Waals surface area contributed by atoms with E-state index in [0.29, 0.717) is 19.6 Å². The summed E-state index contributed by atoms with van der Waals surface area (Å²) in [4.78, 5) is 11.3. The van der Waals surface area contributed by atoms with Crippen molar-refractivity contribution in [3.8, 4) is 0 Å². The zero-order valence-electron chi connectivity index (χ0n) is 9.23. The van der Waals surface area contributed by atoms with Crippen molar-refractivity contribution in [2.75, 3.05) is 13.1 Å². The highest BCUT2D eigenvalue weighted by Crippen LogP contribution is 1.94. The van der Waals surface area contributed by atoms with Gasteiger partial charge in [0, 0.05) is 25.2 Å². The number of nitrogens with two attached hydrogens (primary N) is 1. The Morgan fingerprint density at radius 1 is 1.73 bits per heavy atom. The van der Waals surface area contributed by atoms with E-state index in [-0.39, 0.29) is 11.8 Å². The predicted molar refractivity (Wildman–Crippen MR) is 58.2 cm³/mol. The minimum Gasteiger partial charge on any atom is -0.354 e. The van der Waals surface area contributed by atoms with Gasteiger partial charge in [0.2, 0.25) is 5.91 Å². The third-order valence-corrected chi connectivity index (χ3v) is 2.20. The van der Waals surface area contributed by atoms with E-state index in [1.165, 1.54) is 0 Å². The predicted octanol–water partition coefficient (Wildman–Crippen LogP) is -0.0975. The van der Waals surface area contributed by atoms with Crippen LogP contribution in [0.1, 0.15) is 12.5 Å². The quantitative estimate of drug-likeness (QED) is 0.713. The van der Waals surface area contributed by atoms with E-state index in [1.807, 2.05) is 24.7 Å². The number of aromatic nitrogens is 2. The van der Waals surface area contributed by atoms with Gasteiger partial charge >= 0.3 is 0 Å². The van der Waals surface area contributed by atoms with E-state index in [0.717, 1.165) is 5.56 Å². The molecule has 1 unspecified atom stereocenters. The van der Waals surface area contributed by atoms with Crippen LogP contribution in [0.2, 0.25) is 0 Å². The second-order valence-corrected chi connectivity index (χ2v) is 3.71. The van der Waals surface area contributed by atoms with E-state index in [9.17, 15) is 4.79 Å². The maximum absolute atomic E-state index is 11.3. The Hall–Kier alpha value is -1.36. The number of aryl methyl sites for hydroxylation is 1. The van der Waals surface area contributed by atoms with Crippen molar-refractivity contribution in [2.24, 2.45) is 11.7 Å². The first kappa shape index (κ1) is 11.7. The fourth-order valence-electron chi connectivity index (χ4n) is 1.16. The lowest BCUT2D eigenvalue weighted by Gasteiger charge is -2.09. The summed E-state index contributed by atoms with van der Waals surface area (Å²) in [5.41, 5.74) is 6.50. The second kappa shape index (κ2) is 5.50. The minimum absolute atomic E-state index is 0.00128. The summed E-state index contributed by atoms with van der Waals surface area (Å²) >= 11 is 0. The minimum atomic E-state index is -0.121. The molecule has 0 aliphatic carbocycles. The topological polar surface area (TPSA) is 72.9 Å². The molecule has 1 atom stereocenters. The molecule has 1 aromatic rings. The number of nitrogens with one attached hydrogen (secondary N) is 1. The maximum Gasteiger partial charge on any atom is 0.224 e. The van der Waals surface area contributed by atoms with Gasteiger partial charge in [0.15, 0.2) is 0 Å². The molecule has 0 fully saturated rings. The summed E-state index contributed by atoms with van der Waals surface area (Å²) in [5, 5.41) is 6.93. The van der Waals surface area contributed by atoms with Crippen LogP contribution in [0.3, 0.4) is 0 Å². The van der Waals surface area contributed by atoms with Crippen molar-refractivity contribution in [1.29, 1.82) is 0 Å². The Labute approximate surface area is 89.6 Å².